The van der Waals surface area contributed by atoms with Crippen LogP contribution in [-0.4, -0.2) is 46.5 Å². The zero-order chi connectivity index (χ0) is 9.61. The van der Waals surface area contributed by atoms with Gasteiger partial charge in [-0.3, -0.25) is 4.79 Å². The van der Waals surface area contributed by atoms with E-state index in [0.29, 0.717) is 13.1 Å². The van der Waals surface area contributed by atoms with Crippen molar-refractivity contribution < 1.29 is 13.2 Å². The average Bonchev–Trinajstić information content (AvgIpc) is 1.84. The smallest absolute Gasteiger partial charge is 0.235 e. The molecule has 0 bridgehead atoms. The van der Waals surface area contributed by atoms with Gasteiger partial charge in [0.1, 0.15) is 5.75 Å². The van der Waals surface area contributed by atoms with Gasteiger partial charge in [0.05, 0.1) is 0 Å². The van der Waals surface area contributed by atoms with E-state index in [9.17, 15) is 13.2 Å². The molecular weight excluding hydrogens is 180 g/mol. The maximum Gasteiger partial charge on any atom is 0.235 e. The summed E-state index contributed by atoms with van der Waals surface area (Å²) >= 11 is 0. The molecule has 0 atom stereocenters. The number of nitrogens with one attached hydrogen (secondary N) is 2. The van der Waals surface area contributed by atoms with E-state index < -0.39 is 21.5 Å². The standard InChI is InChI=1S/C6H14N2O3S/c1-7-3-4-8-6(9)5-12(2,10)11/h7H,3-5H2,1-2H3,(H,8,9). The predicted molar refractivity (Wildman–Crippen MR) is 46.6 cm³/mol. The van der Waals surface area contributed by atoms with Crippen LogP contribution in [0.2, 0.25) is 0 Å². The van der Waals surface area contributed by atoms with Crippen molar-refractivity contribution in [3.8, 4) is 0 Å². The third kappa shape index (κ3) is 7.49. The SMILES string of the molecule is CNCCNC(=O)CS(C)(=O)=O. The molecule has 0 rings (SSSR count). The summed E-state index contributed by atoms with van der Waals surface area (Å²) in [6, 6.07) is 0. The van der Waals surface area contributed by atoms with E-state index in [1.165, 1.54) is 0 Å². The van der Waals surface area contributed by atoms with Crippen LogP contribution in [0.4, 0.5) is 0 Å². The third-order valence-electron chi connectivity index (χ3n) is 1.09. The molecule has 2 N–H and O–H groups in total. The molecule has 12 heavy (non-hydrogen) atoms. The summed E-state index contributed by atoms with van der Waals surface area (Å²) in [6.45, 7) is 1.08. The van der Waals surface area contributed by atoms with Crippen LogP contribution in [0.5, 0.6) is 0 Å². The quantitative estimate of drug-likeness (QED) is 0.515. The lowest BCUT2D eigenvalue weighted by atomic mass is 10.6. The maximum absolute atomic E-state index is 10.8. The molecule has 0 aliphatic rings. The van der Waals surface area contributed by atoms with Crippen molar-refractivity contribution in [1.29, 1.82) is 0 Å². The van der Waals surface area contributed by atoms with Gasteiger partial charge in [-0.15, -0.1) is 0 Å². The van der Waals surface area contributed by atoms with Crippen LogP contribution < -0.4 is 10.6 Å². The fourth-order valence-electron chi connectivity index (χ4n) is 0.616. The minimum Gasteiger partial charge on any atom is -0.354 e. The first-order valence-corrected chi connectivity index (χ1v) is 5.61. The van der Waals surface area contributed by atoms with E-state index in [-0.39, 0.29) is 0 Å². The second-order valence-corrected chi connectivity index (χ2v) is 4.66. The van der Waals surface area contributed by atoms with Gasteiger partial charge in [-0.1, -0.05) is 0 Å². The topological polar surface area (TPSA) is 75.3 Å². The van der Waals surface area contributed by atoms with Crippen molar-refractivity contribution in [3.05, 3.63) is 0 Å². The van der Waals surface area contributed by atoms with Crippen molar-refractivity contribution in [3.63, 3.8) is 0 Å². The fourth-order valence-corrected chi connectivity index (χ4v) is 1.19. The first-order valence-electron chi connectivity index (χ1n) is 3.55. The second kappa shape index (κ2) is 5.10. The van der Waals surface area contributed by atoms with Crippen molar-refractivity contribution in [2.45, 2.75) is 0 Å². The molecule has 0 saturated heterocycles. The van der Waals surface area contributed by atoms with Crippen LogP contribution in [0.3, 0.4) is 0 Å². The zero-order valence-corrected chi connectivity index (χ0v) is 8.07. The van der Waals surface area contributed by atoms with E-state index in [1.807, 2.05) is 0 Å². The summed E-state index contributed by atoms with van der Waals surface area (Å²) in [5, 5.41) is 5.28. The summed E-state index contributed by atoms with van der Waals surface area (Å²) in [7, 11) is -1.44. The molecule has 1 amide bonds. The Labute approximate surface area is 72.5 Å². The molecule has 5 nitrogen and oxygen atoms in total. The molecule has 0 unspecified atom stereocenters. The summed E-state index contributed by atoms with van der Waals surface area (Å²) in [4.78, 5) is 10.8. The number of carbonyl (C=O) groups excluding carboxylic acids is 1. The van der Waals surface area contributed by atoms with Crippen LogP contribution in [0.1, 0.15) is 0 Å². The Hall–Kier alpha value is -0.620. The molecule has 0 heterocycles. The number of sulfone groups is 1. The Morgan fingerprint density at radius 1 is 1.33 bits per heavy atom. The van der Waals surface area contributed by atoms with Gasteiger partial charge in [0, 0.05) is 19.3 Å². The van der Waals surface area contributed by atoms with Gasteiger partial charge >= 0.3 is 0 Å². The molecule has 0 fully saturated rings. The highest BCUT2D eigenvalue weighted by atomic mass is 32.2. The van der Waals surface area contributed by atoms with Gasteiger partial charge in [0.25, 0.3) is 0 Å². The minimum atomic E-state index is -3.19. The Balaban J connectivity index is 3.62. The van der Waals surface area contributed by atoms with E-state index in [1.54, 1.807) is 7.05 Å². The molecule has 0 aromatic carbocycles. The molecule has 0 aliphatic carbocycles. The molecule has 0 aromatic heterocycles. The molecule has 0 aliphatic heterocycles. The Bertz CT molecular complexity index is 235. The lowest BCUT2D eigenvalue weighted by molar-refractivity contribution is -0.118. The van der Waals surface area contributed by atoms with Gasteiger partial charge in [0.2, 0.25) is 5.91 Å². The third-order valence-corrected chi connectivity index (χ3v) is 1.88. The predicted octanol–water partition coefficient (Wildman–Crippen LogP) is -1.63. The van der Waals surface area contributed by atoms with Gasteiger partial charge in [0.15, 0.2) is 9.84 Å². The van der Waals surface area contributed by atoms with Crippen LogP contribution >= 0.6 is 0 Å². The van der Waals surface area contributed by atoms with Gasteiger partial charge < -0.3 is 10.6 Å². The van der Waals surface area contributed by atoms with E-state index in [4.69, 9.17) is 0 Å². The Morgan fingerprint density at radius 2 is 1.92 bits per heavy atom. The molecule has 0 spiro atoms. The van der Waals surface area contributed by atoms with Crippen LogP contribution in [0.15, 0.2) is 0 Å². The largest absolute Gasteiger partial charge is 0.354 e. The number of rotatable bonds is 5. The van der Waals surface area contributed by atoms with Crippen LogP contribution in [-0.2, 0) is 14.6 Å². The molecule has 0 saturated carbocycles. The highest BCUT2D eigenvalue weighted by Gasteiger charge is 2.08. The van der Waals surface area contributed by atoms with Crippen molar-refractivity contribution in [2.24, 2.45) is 0 Å². The lowest BCUT2D eigenvalue weighted by Crippen LogP contribution is -2.34. The first-order chi connectivity index (χ1) is 5.45. The summed E-state index contributed by atoms with van der Waals surface area (Å²) < 4.78 is 21.2. The minimum absolute atomic E-state index is 0.434. The number of hydrogen-bond donors (Lipinski definition) is 2. The molecule has 6 heteroatoms. The summed E-state index contributed by atoms with van der Waals surface area (Å²) in [6.07, 6.45) is 1.03. The van der Waals surface area contributed by atoms with Crippen LogP contribution in [0, 0.1) is 0 Å². The van der Waals surface area contributed by atoms with Gasteiger partial charge in [-0.25, -0.2) is 8.42 Å². The van der Waals surface area contributed by atoms with Crippen molar-refractivity contribution >= 4 is 15.7 Å². The molecule has 72 valence electrons. The van der Waals surface area contributed by atoms with E-state index in [2.05, 4.69) is 10.6 Å². The van der Waals surface area contributed by atoms with Crippen molar-refractivity contribution in [2.75, 3.05) is 32.1 Å². The molecular formula is C6H14N2O3S. The lowest BCUT2D eigenvalue weighted by Gasteiger charge is -2.02. The molecule has 0 radical (unpaired) electrons. The number of amides is 1. The number of likely N-dealkylation sites (N-methyl/N-ethyl adjacent to an activating group) is 1. The monoisotopic (exact) mass is 194 g/mol. The Morgan fingerprint density at radius 3 is 2.33 bits per heavy atom. The normalized spacial score (nSPS) is 11.2. The summed E-state index contributed by atoms with van der Waals surface area (Å²) in [5.41, 5.74) is 0. The fraction of sp³-hybridized carbons (Fsp3) is 0.833. The van der Waals surface area contributed by atoms with Crippen molar-refractivity contribution in [1.82, 2.24) is 10.6 Å². The Kier molecular flexibility index (Phi) is 4.84. The highest BCUT2D eigenvalue weighted by Crippen LogP contribution is 1.80. The first kappa shape index (κ1) is 11.4. The number of hydrogen-bond acceptors (Lipinski definition) is 4. The van der Waals surface area contributed by atoms with E-state index in [0.717, 1.165) is 6.26 Å². The maximum atomic E-state index is 10.8. The van der Waals surface area contributed by atoms with Gasteiger partial charge in [-0.2, -0.15) is 0 Å². The highest BCUT2D eigenvalue weighted by molar-refractivity contribution is 7.91. The van der Waals surface area contributed by atoms with Crippen LogP contribution in [0.25, 0.3) is 0 Å². The van der Waals surface area contributed by atoms with E-state index >= 15 is 0 Å². The average molecular weight is 194 g/mol. The number of carbonyl (C=O) groups is 1. The second-order valence-electron chi connectivity index (χ2n) is 2.52. The van der Waals surface area contributed by atoms with Gasteiger partial charge in [-0.05, 0) is 7.05 Å². The summed E-state index contributed by atoms with van der Waals surface area (Å²) in [5.74, 6) is -0.885. The zero-order valence-electron chi connectivity index (χ0n) is 7.25. The molecule has 0 aromatic rings.